The van der Waals surface area contributed by atoms with E-state index in [2.05, 4.69) is 0 Å². The molecule has 16 heavy (non-hydrogen) atoms. The van der Waals surface area contributed by atoms with E-state index in [1.807, 2.05) is 6.92 Å². The minimum absolute atomic E-state index is 0.00648. The van der Waals surface area contributed by atoms with Gasteiger partial charge in [-0.3, -0.25) is 4.90 Å². The molecule has 1 heterocycles. The van der Waals surface area contributed by atoms with Crippen LogP contribution in [0.2, 0.25) is 0 Å². The third-order valence-electron chi connectivity index (χ3n) is 2.30. The van der Waals surface area contributed by atoms with Gasteiger partial charge in [0.1, 0.15) is 6.61 Å². The van der Waals surface area contributed by atoms with Gasteiger partial charge in [0.05, 0.1) is 6.04 Å². The highest BCUT2D eigenvalue weighted by molar-refractivity contribution is 5.82. The summed E-state index contributed by atoms with van der Waals surface area (Å²) in [7, 11) is 0. The lowest BCUT2D eigenvalue weighted by molar-refractivity contribution is -0.141. The van der Waals surface area contributed by atoms with E-state index in [0.29, 0.717) is 6.61 Å². The number of carbonyl (C=O) groups excluding carboxylic acids is 2. The Bertz CT molecular complexity index is 307. The Morgan fingerprint density at radius 2 is 2.31 bits per heavy atom. The van der Waals surface area contributed by atoms with Crippen LogP contribution in [0.3, 0.4) is 0 Å². The third-order valence-corrected chi connectivity index (χ3v) is 2.30. The second-order valence-electron chi connectivity index (χ2n) is 3.92. The first-order valence-electron chi connectivity index (χ1n) is 5.29. The second-order valence-corrected chi connectivity index (χ2v) is 3.92. The summed E-state index contributed by atoms with van der Waals surface area (Å²) in [4.78, 5) is 23.9. The summed E-state index contributed by atoms with van der Waals surface area (Å²) in [6.45, 7) is 5.90. The van der Waals surface area contributed by atoms with Gasteiger partial charge < -0.3 is 9.47 Å². The first-order chi connectivity index (χ1) is 7.54. The van der Waals surface area contributed by atoms with Crippen LogP contribution in [0.4, 0.5) is 4.79 Å². The molecule has 1 rings (SSSR count). The standard InChI is InChI=1S/C11H17NO4/c1-4-9-6-15-11(14)12(9)7-16-10(13)5-8(2)3/h5,9H,4,6-7H2,1-3H3. The Kier molecular flexibility index (Phi) is 4.34. The number of hydrogen-bond donors (Lipinski definition) is 0. The minimum atomic E-state index is -0.436. The van der Waals surface area contributed by atoms with E-state index < -0.39 is 12.1 Å². The molecule has 0 aromatic carbocycles. The molecule has 0 bridgehead atoms. The summed E-state index contributed by atoms with van der Waals surface area (Å²) in [5.74, 6) is -0.436. The van der Waals surface area contributed by atoms with E-state index in [1.165, 1.54) is 11.0 Å². The van der Waals surface area contributed by atoms with Gasteiger partial charge in [0.15, 0.2) is 6.73 Å². The van der Waals surface area contributed by atoms with Crippen molar-refractivity contribution in [2.24, 2.45) is 0 Å². The van der Waals surface area contributed by atoms with E-state index >= 15 is 0 Å². The second kappa shape index (κ2) is 5.53. The lowest BCUT2D eigenvalue weighted by Crippen LogP contribution is -2.35. The van der Waals surface area contributed by atoms with Crippen LogP contribution >= 0.6 is 0 Å². The number of amides is 1. The molecule has 1 aliphatic rings. The maximum Gasteiger partial charge on any atom is 0.412 e. The number of carbonyl (C=O) groups is 2. The molecule has 1 aliphatic heterocycles. The maximum absolute atomic E-state index is 11.3. The third kappa shape index (κ3) is 3.25. The number of cyclic esters (lactones) is 1. The average molecular weight is 227 g/mol. The zero-order valence-corrected chi connectivity index (χ0v) is 9.86. The Balaban J connectivity index is 2.45. The first-order valence-corrected chi connectivity index (χ1v) is 5.29. The van der Waals surface area contributed by atoms with Gasteiger partial charge >= 0.3 is 12.1 Å². The van der Waals surface area contributed by atoms with Gasteiger partial charge in [-0.05, 0) is 20.3 Å². The molecule has 5 nitrogen and oxygen atoms in total. The number of hydrogen-bond acceptors (Lipinski definition) is 4. The van der Waals surface area contributed by atoms with Gasteiger partial charge in [-0.15, -0.1) is 0 Å². The lowest BCUT2D eigenvalue weighted by atomic mass is 10.2. The normalized spacial score (nSPS) is 19.3. The quantitative estimate of drug-likeness (QED) is 0.541. The molecule has 1 amide bonds. The SMILES string of the molecule is CCC1COC(=O)N1COC(=O)C=C(C)C. The Morgan fingerprint density at radius 1 is 1.62 bits per heavy atom. The van der Waals surface area contributed by atoms with E-state index in [-0.39, 0.29) is 12.8 Å². The highest BCUT2D eigenvalue weighted by Gasteiger charge is 2.32. The molecule has 0 saturated carbocycles. The van der Waals surface area contributed by atoms with Crippen molar-refractivity contribution in [2.75, 3.05) is 13.3 Å². The predicted molar refractivity (Wildman–Crippen MR) is 57.7 cm³/mol. The monoisotopic (exact) mass is 227 g/mol. The van der Waals surface area contributed by atoms with Gasteiger partial charge in [0, 0.05) is 6.08 Å². The van der Waals surface area contributed by atoms with E-state index in [0.717, 1.165) is 12.0 Å². The zero-order valence-electron chi connectivity index (χ0n) is 9.86. The molecule has 1 fully saturated rings. The largest absolute Gasteiger partial charge is 0.447 e. The Labute approximate surface area is 95.0 Å². The number of nitrogens with zero attached hydrogens (tertiary/aromatic N) is 1. The van der Waals surface area contributed by atoms with Gasteiger partial charge in [0.2, 0.25) is 0 Å². The highest BCUT2D eigenvalue weighted by Crippen LogP contribution is 2.14. The number of allylic oxidation sites excluding steroid dienone is 1. The highest BCUT2D eigenvalue weighted by atomic mass is 16.6. The van der Waals surface area contributed by atoms with Crippen LogP contribution < -0.4 is 0 Å². The fourth-order valence-corrected chi connectivity index (χ4v) is 1.40. The van der Waals surface area contributed by atoms with Crippen LogP contribution in [0.5, 0.6) is 0 Å². The van der Waals surface area contributed by atoms with Gasteiger partial charge in [0.25, 0.3) is 0 Å². The predicted octanol–water partition coefficient (Wildman–Crippen LogP) is 1.68. The van der Waals surface area contributed by atoms with Crippen molar-refractivity contribution >= 4 is 12.1 Å². The summed E-state index contributed by atoms with van der Waals surface area (Å²) in [5.41, 5.74) is 0.862. The van der Waals surface area contributed by atoms with Crippen molar-refractivity contribution in [3.05, 3.63) is 11.6 Å². The van der Waals surface area contributed by atoms with Crippen LogP contribution in [-0.2, 0) is 14.3 Å². The molecule has 90 valence electrons. The molecule has 0 spiro atoms. The van der Waals surface area contributed by atoms with Crippen LogP contribution in [0.15, 0.2) is 11.6 Å². The van der Waals surface area contributed by atoms with Crippen molar-refractivity contribution in [3.8, 4) is 0 Å². The molecule has 0 aromatic heterocycles. The average Bonchev–Trinajstić information content (AvgIpc) is 2.55. The molecule has 5 heteroatoms. The molecular formula is C11H17NO4. The molecule has 0 radical (unpaired) electrons. The van der Waals surface area contributed by atoms with Crippen LogP contribution in [-0.4, -0.2) is 36.3 Å². The number of rotatable bonds is 4. The smallest absolute Gasteiger partial charge is 0.412 e. The van der Waals surface area contributed by atoms with Crippen molar-refractivity contribution in [3.63, 3.8) is 0 Å². The zero-order chi connectivity index (χ0) is 12.1. The molecular weight excluding hydrogens is 210 g/mol. The Morgan fingerprint density at radius 3 is 2.88 bits per heavy atom. The minimum Gasteiger partial charge on any atom is -0.447 e. The summed E-state index contributed by atoms with van der Waals surface area (Å²) in [6, 6.07) is 0.00648. The number of ether oxygens (including phenoxy) is 2. The van der Waals surface area contributed by atoms with Crippen molar-refractivity contribution in [1.82, 2.24) is 4.90 Å². The summed E-state index contributed by atoms with van der Waals surface area (Å²) >= 11 is 0. The van der Waals surface area contributed by atoms with Gasteiger partial charge in [-0.1, -0.05) is 12.5 Å². The fraction of sp³-hybridized carbons (Fsp3) is 0.636. The van der Waals surface area contributed by atoms with Gasteiger partial charge in [-0.25, -0.2) is 9.59 Å². The fourth-order valence-electron chi connectivity index (χ4n) is 1.40. The lowest BCUT2D eigenvalue weighted by Gasteiger charge is -2.18. The van der Waals surface area contributed by atoms with Crippen LogP contribution in [0.1, 0.15) is 27.2 Å². The summed E-state index contributed by atoms with van der Waals surface area (Å²) < 4.78 is 9.81. The topological polar surface area (TPSA) is 55.8 Å². The molecule has 1 atom stereocenters. The van der Waals surface area contributed by atoms with E-state index in [9.17, 15) is 9.59 Å². The van der Waals surface area contributed by atoms with Crippen molar-refractivity contribution in [2.45, 2.75) is 33.2 Å². The Hall–Kier alpha value is -1.52. The van der Waals surface area contributed by atoms with Gasteiger partial charge in [-0.2, -0.15) is 0 Å². The van der Waals surface area contributed by atoms with Crippen molar-refractivity contribution in [1.29, 1.82) is 0 Å². The van der Waals surface area contributed by atoms with E-state index in [4.69, 9.17) is 9.47 Å². The van der Waals surface area contributed by atoms with Crippen molar-refractivity contribution < 1.29 is 19.1 Å². The summed E-state index contributed by atoms with van der Waals surface area (Å²) in [6.07, 6.45) is 1.76. The molecule has 0 aromatic rings. The van der Waals surface area contributed by atoms with Crippen LogP contribution in [0, 0.1) is 0 Å². The molecule has 1 unspecified atom stereocenters. The maximum atomic E-state index is 11.3. The first kappa shape index (κ1) is 12.5. The number of esters is 1. The van der Waals surface area contributed by atoms with E-state index in [1.54, 1.807) is 13.8 Å². The molecule has 0 aliphatic carbocycles. The summed E-state index contributed by atoms with van der Waals surface area (Å²) in [5, 5.41) is 0. The molecule has 0 N–H and O–H groups in total. The van der Waals surface area contributed by atoms with Crippen LogP contribution in [0.25, 0.3) is 0 Å². The molecule has 1 saturated heterocycles.